The quantitative estimate of drug-likeness (QED) is 0.908. The van der Waals surface area contributed by atoms with Crippen LogP contribution in [0.5, 0.6) is 0 Å². The molecule has 1 aromatic carbocycles. The zero-order chi connectivity index (χ0) is 18.0. The summed E-state index contributed by atoms with van der Waals surface area (Å²) in [5.41, 5.74) is 3.19. The lowest BCUT2D eigenvalue weighted by Gasteiger charge is -2.23. The number of amides is 2. The first-order chi connectivity index (χ1) is 12.0. The first-order valence-corrected chi connectivity index (χ1v) is 8.63. The molecule has 2 heterocycles. The zero-order valence-electron chi connectivity index (χ0n) is 15.0. The van der Waals surface area contributed by atoms with Crippen LogP contribution >= 0.6 is 0 Å². The summed E-state index contributed by atoms with van der Waals surface area (Å²) >= 11 is 0. The molecule has 0 unspecified atom stereocenters. The Labute approximate surface area is 147 Å². The minimum Gasteiger partial charge on any atom is -0.347 e. The number of H-pyrrole nitrogens is 1. The molecule has 0 saturated carbocycles. The van der Waals surface area contributed by atoms with Gasteiger partial charge in [0, 0.05) is 38.1 Å². The Morgan fingerprint density at radius 3 is 2.92 bits per heavy atom. The number of aromatic nitrogens is 2. The molecule has 1 aromatic heterocycles. The summed E-state index contributed by atoms with van der Waals surface area (Å²) in [4.78, 5) is 35.9. The first-order valence-electron chi connectivity index (χ1n) is 8.63. The fourth-order valence-corrected chi connectivity index (χ4v) is 3.48. The maximum absolute atomic E-state index is 12.7. The molecule has 0 bridgehead atoms. The molecule has 6 heteroatoms. The molecule has 0 spiro atoms. The molecule has 0 radical (unpaired) electrons. The van der Waals surface area contributed by atoms with Gasteiger partial charge in [-0.25, -0.2) is 4.98 Å². The highest BCUT2D eigenvalue weighted by molar-refractivity contribution is 6.01. The van der Waals surface area contributed by atoms with Crippen molar-refractivity contribution in [1.29, 1.82) is 0 Å². The normalized spacial score (nSPS) is 17.2. The largest absolute Gasteiger partial charge is 0.347 e. The second kappa shape index (κ2) is 7.09. The monoisotopic (exact) mass is 340 g/mol. The zero-order valence-corrected chi connectivity index (χ0v) is 15.0. The predicted octanol–water partition coefficient (Wildman–Crippen LogP) is 2.29. The van der Waals surface area contributed by atoms with E-state index in [9.17, 15) is 9.59 Å². The number of hydrogen-bond acceptors (Lipinski definition) is 3. The number of benzene rings is 1. The standard InChI is InChI=1S/C19H24N4O2/c1-4-14-7-5-6-13(2)18(14)23-11-15(10-17(23)24)19(25)22(3)12-16-20-8-9-21-16/h5-9,15H,4,10-12H2,1-3H3,(H,20,21)/t15-/m0/s1. The van der Waals surface area contributed by atoms with Crippen LogP contribution in [0.4, 0.5) is 5.69 Å². The maximum Gasteiger partial charge on any atom is 0.228 e. The Kier molecular flexibility index (Phi) is 4.88. The van der Waals surface area contributed by atoms with E-state index in [1.54, 1.807) is 29.2 Å². The van der Waals surface area contributed by atoms with Crippen molar-refractivity contribution in [3.05, 3.63) is 47.5 Å². The summed E-state index contributed by atoms with van der Waals surface area (Å²) in [6.45, 7) is 4.96. The van der Waals surface area contributed by atoms with Gasteiger partial charge in [0.15, 0.2) is 0 Å². The lowest BCUT2D eigenvalue weighted by atomic mass is 10.0. The number of imidazole rings is 1. The summed E-state index contributed by atoms with van der Waals surface area (Å²) in [5, 5.41) is 0. The van der Waals surface area contributed by atoms with Crippen molar-refractivity contribution >= 4 is 17.5 Å². The molecular formula is C19H24N4O2. The second-order valence-electron chi connectivity index (χ2n) is 6.57. The summed E-state index contributed by atoms with van der Waals surface area (Å²) < 4.78 is 0. The molecule has 2 amide bonds. The lowest BCUT2D eigenvalue weighted by molar-refractivity contribution is -0.135. The van der Waals surface area contributed by atoms with Gasteiger partial charge in [0.25, 0.3) is 0 Å². The fourth-order valence-electron chi connectivity index (χ4n) is 3.48. The highest BCUT2D eigenvalue weighted by Crippen LogP contribution is 2.32. The molecule has 1 fully saturated rings. The number of nitrogens with zero attached hydrogens (tertiary/aromatic N) is 3. The van der Waals surface area contributed by atoms with Crippen LogP contribution in [-0.2, 0) is 22.6 Å². The van der Waals surface area contributed by atoms with Crippen molar-refractivity contribution in [2.45, 2.75) is 33.2 Å². The smallest absolute Gasteiger partial charge is 0.228 e. The van der Waals surface area contributed by atoms with E-state index in [4.69, 9.17) is 0 Å². The third kappa shape index (κ3) is 3.43. The maximum atomic E-state index is 12.7. The lowest BCUT2D eigenvalue weighted by Crippen LogP contribution is -2.34. The topological polar surface area (TPSA) is 69.3 Å². The van der Waals surface area contributed by atoms with Crippen LogP contribution in [0.15, 0.2) is 30.6 Å². The fraction of sp³-hybridized carbons (Fsp3) is 0.421. The van der Waals surface area contributed by atoms with Crippen LogP contribution in [0.25, 0.3) is 0 Å². The molecule has 1 atom stereocenters. The van der Waals surface area contributed by atoms with E-state index >= 15 is 0 Å². The van der Waals surface area contributed by atoms with Crippen molar-refractivity contribution in [1.82, 2.24) is 14.9 Å². The van der Waals surface area contributed by atoms with Gasteiger partial charge in [0.05, 0.1) is 12.5 Å². The highest BCUT2D eigenvalue weighted by atomic mass is 16.2. The Balaban J connectivity index is 1.75. The van der Waals surface area contributed by atoms with Crippen LogP contribution in [0.3, 0.4) is 0 Å². The van der Waals surface area contributed by atoms with Gasteiger partial charge in [0.2, 0.25) is 11.8 Å². The van der Waals surface area contributed by atoms with Gasteiger partial charge in [0.1, 0.15) is 5.82 Å². The van der Waals surface area contributed by atoms with Crippen molar-refractivity contribution in [3.63, 3.8) is 0 Å². The molecule has 6 nitrogen and oxygen atoms in total. The molecule has 1 aliphatic rings. The van der Waals surface area contributed by atoms with Crippen LogP contribution in [0.2, 0.25) is 0 Å². The van der Waals surface area contributed by atoms with Crippen molar-refractivity contribution in [2.75, 3.05) is 18.5 Å². The number of aryl methyl sites for hydroxylation is 2. The molecule has 25 heavy (non-hydrogen) atoms. The number of carbonyl (C=O) groups excluding carboxylic acids is 2. The van der Waals surface area contributed by atoms with Gasteiger partial charge >= 0.3 is 0 Å². The molecule has 132 valence electrons. The number of para-hydroxylation sites is 1. The summed E-state index contributed by atoms with van der Waals surface area (Å²) in [7, 11) is 1.75. The Morgan fingerprint density at radius 1 is 1.44 bits per heavy atom. The van der Waals surface area contributed by atoms with Crippen LogP contribution in [0, 0.1) is 12.8 Å². The number of aromatic amines is 1. The average Bonchev–Trinajstić information content (AvgIpc) is 3.23. The van der Waals surface area contributed by atoms with Crippen LogP contribution in [-0.4, -0.2) is 40.3 Å². The number of nitrogens with one attached hydrogen (secondary N) is 1. The number of rotatable bonds is 5. The minimum absolute atomic E-state index is 0.0149. The molecule has 3 rings (SSSR count). The molecule has 1 N–H and O–H groups in total. The van der Waals surface area contributed by atoms with E-state index in [1.165, 1.54) is 0 Å². The summed E-state index contributed by atoms with van der Waals surface area (Å²) in [5.74, 6) is 0.439. The third-order valence-corrected chi connectivity index (χ3v) is 4.76. The molecule has 1 saturated heterocycles. The molecule has 0 aliphatic carbocycles. The molecule has 2 aromatic rings. The van der Waals surface area contributed by atoms with Gasteiger partial charge in [-0.05, 0) is 24.5 Å². The second-order valence-corrected chi connectivity index (χ2v) is 6.57. The Morgan fingerprint density at radius 2 is 2.24 bits per heavy atom. The van der Waals surface area contributed by atoms with E-state index < -0.39 is 0 Å². The summed E-state index contributed by atoms with van der Waals surface area (Å²) in [6, 6.07) is 6.08. The van der Waals surface area contributed by atoms with E-state index in [1.807, 2.05) is 25.1 Å². The van der Waals surface area contributed by atoms with Crippen molar-refractivity contribution < 1.29 is 9.59 Å². The number of hydrogen-bond donors (Lipinski definition) is 1. The van der Waals surface area contributed by atoms with Gasteiger partial charge in [-0.15, -0.1) is 0 Å². The number of anilines is 1. The van der Waals surface area contributed by atoms with Crippen LogP contribution in [0.1, 0.15) is 30.3 Å². The third-order valence-electron chi connectivity index (χ3n) is 4.76. The van der Waals surface area contributed by atoms with E-state index in [2.05, 4.69) is 16.9 Å². The first kappa shape index (κ1) is 17.2. The summed E-state index contributed by atoms with van der Waals surface area (Å²) in [6.07, 6.45) is 4.52. The molecule has 1 aliphatic heterocycles. The van der Waals surface area contributed by atoms with Gasteiger partial charge in [-0.3, -0.25) is 9.59 Å². The average molecular weight is 340 g/mol. The van der Waals surface area contributed by atoms with Crippen LogP contribution < -0.4 is 4.90 Å². The van der Waals surface area contributed by atoms with Crippen molar-refractivity contribution in [2.24, 2.45) is 5.92 Å². The Hall–Kier alpha value is -2.63. The minimum atomic E-state index is -0.309. The van der Waals surface area contributed by atoms with E-state index in [0.717, 1.165) is 29.1 Å². The van der Waals surface area contributed by atoms with Crippen molar-refractivity contribution in [3.8, 4) is 0 Å². The highest BCUT2D eigenvalue weighted by Gasteiger charge is 2.37. The molecular weight excluding hydrogens is 316 g/mol. The van der Waals surface area contributed by atoms with Gasteiger partial charge in [-0.2, -0.15) is 0 Å². The predicted molar refractivity (Wildman–Crippen MR) is 96.1 cm³/mol. The number of carbonyl (C=O) groups is 2. The Bertz CT molecular complexity index is 770. The SMILES string of the molecule is CCc1cccc(C)c1N1C[C@@H](C(=O)N(C)Cc2ncc[nH]2)CC1=O. The van der Waals surface area contributed by atoms with Gasteiger partial charge in [-0.1, -0.05) is 25.1 Å². The van der Waals surface area contributed by atoms with E-state index in [-0.39, 0.29) is 24.2 Å². The van der Waals surface area contributed by atoms with Gasteiger partial charge < -0.3 is 14.8 Å². The van der Waals surface area contributed by atoms with E-state index in [0.29, 0.717) is 13.1 Å².